The van der Waals surface area contributed by atoms with E-state index in [9.17, 15) is 5.11 Å². The number of hydrogen-bond acceptors (Lipinski definition) is 4. The van der Waals surface area contributed by atoms with Gasteiger partial charge >= 0.3 is 0 Å². The monoisotopic (exact) mass is 282 g/mol. The third-order valence-corrected chi connectivity index (χ3v) is 2.94. The molecule has 4 nitrogen and oxygen atoms in total. The van der Waals surface area contributed by atoms with Crippen molar-refractivity contribution in [3.63, 3.8) is 0 Å². The number of ether oxygens (including phenoxy) is 1. The lowest BCUT2D eigenvalue weighted by molar-refractivity contribution is 0.372. The molecule has 0 saturated heterocycles. The number of allylic oxidation sites excluding steroid dienone is 1. The molecule has 0 heterocycles. The molecule has 0 bridgehead atoms. The predicted molar refractivity (Wildman–Crippen MR) is 86.2 cm³/mol. The van der Waals surface area contributed by atoms with E-state index >= 15 is 0 Å². The van der Waals surface area contributed by atoms with Crippen LogP contribution in [-0.4, -0.2) is 18.4 Å². The van der Waals surface area contributed by atoms with Crippen LogP contribution in [-0.2, 0) is 6.42 Å². The summed E-state index contributed by atoms with van der Waals surface area (Å²) in [5.41, 5.74) is 5.38. The fraction of sp³-hybridized carbons (Fsp3) is 0.118. The number of methoxy groups -OCH3 is 1. The third kappa shape index (κ3) is 3.86. The first-order valence-corrected chi connectivity index (χ1v) is 6.59. The van der Waals surface area contributed by atoms with Gasteiger partial charge in [-0.1, -0.05) is 24.3 Å². The standard InChI is InChI=1S/C17H18N2O2/c1-3-7-13-10-14(17(20)16(11-13)21-2)12-18-19-15-8-5-4-6-9-15/h3-6,8-12,19-20H,1,7H2,2H3. The van der Waals surface area contributed by atoms with Crippen LogP contribution in [0, 0.1) is 0 Å². The van der Waals surface area contributed by atoms with Crippen LogP contribution in [0.1, 0.15) is 11.1 Å². The van der Waals surface area contributed by atoms with Crippen LogP contribution in [0.3, 0.4) is 0 Å². The normalized spacial score (nSPS) is 10.5. The van der Waals surface area contributed by atoms with Crippen molar-refractivity contribution < 1.29 is 9.84 Å². The molecule has 0 atom stereocenters. The maximum Gasteiger partial charge on any atom is 0.166 e. The second kappa shape index (κ2) is 7.14. The number of rotatable bonds is 6. The molecule has 0 aliphatic carbocycles. The van der Waals surface area contributed by atoms with Gasteiger partial charge in [-0.05, 0) is 36.2 Å². The first-order valence-electron chi connectivity index (χ1n) is 6.59. The van der Waals surface area contributed by atoms with Gasteiger partial charge in [-0.15, -0.1) is 6.58 Å². The van der Waals surface area contributed by atoms with Crippen molar-refractivity contribution in [3.05, 3.63) is 66.2 Å². The summed E-state index contributed by atoms with van der Waals surface area (Å²) < 4.78 is 5.17. The van der Waals surface area contributed by atoms with Crippen LogP contribution in [0.5, 0.6) is 11.5 Å². The van der Waals surface area contributed by atoms with Crippen molar-refractivity contribution in [1.29, 1.82) is 0 Å². The molecule has 2 rings (SSSR count). The minimum Gasteiger partial charge on any atom is -0.504 e. The minimum atomic E-state index is 0.0731. The molecule has 2 aromatic rings. The molecule has 0 amide bonds. The summed E-state index contributed by atoms with van der Waals surface area (Å²) in [5, 5.41) is 14.2. The van der Waals surface area contributed by atoms with Gasteiger partial charge in [-0.3, -0.25) is 5.43 Å². The summed E-state index contributed by atoms with van der Waals surface area (Å²) in [5.74, 6) is 0.499. The lowest BCUT2D eigenvalue weighted by Gasteiger charge is -2.09. The lowest BCUT2D eigenvalue weighted by atomic mass is 10.1. The molecule has 0 radical (unpaired) electrons. The van der Waals surface area contributed by atoms with E-state index in [0.717, 1.165) is 11.3 Å². The summed E-state index contributed by atoms with van der Waals surface area (Å²) in [6, 6.07) is 13.2. The predicted octanol–water partition coefficient (Wildman–Crippen LogP) is 3.58. The first-order chi connectivity index (χ1) is 10.2. The quantitative estimate of drug-likeness (QED) is 0.484. The van der Waals surface area contributed by atoms with E-state index in [1.807, 2.05) is 36.4 Å². The van der Waals surface area contributed by atoms with Gasteiger partial charge < -0.3 is 9.84 Å². The summed E-state index contributed by atoms with van der Waals surface area (Å²) in [4.78, 5) is 0. The highest BCUT2D eigenvalue weighted by atomic mass is 16.5. The number of anilines is 1. The third-order valence-electron chi connectivity index (χ3n) is 2.94. The molecule has 4 heteroatoms. The smallest absolute Gasteiger partial charge is 0.166 e. The average molecular weight is 282 g/mol. The Morgan fingerprint density at radius 1 is 1.29 bits per heavy atom. The number of nitrogens with zero attached hydrogens (tertiary/aromatic N) is 1. The van der Waals surface area contributed by atoms with Gasteiger partial charge in [0.25, 0.3) is 0 Å². The molecule has 0 aliphatic rings. The highest BCUT2D eigenvalue weighted by Crippen LogP contribution is 2.30. The van der Waals surface area contributed by atoms with E-state index in [-0.39, 0.29) is 5.75 Å². The van der Waals surface area contributed by atoms with Gasteiger partial charge in [0.15, 0.2) is 11.5 Å². The molecule has 108 valence electrons. The molecule has 21 heavy (non-hydrogen) atoms. The average Bonchev–Trinajstić information content (AvgIpc) is 2.51. The van der Waals surface area contributed by atoms with Crippen molar-refractivity contribution in [2.75, 3.05) is 12.5 Å². The van der Waals surface area contributed by atoms with E-state index in [1.54, 1.807) is 18.4 Å². The first kappa shape index (κ1) is 14.7. The zero-order valence-electron chi connectivity index (χ0n) is 11.9. The molecule has 0 fully saturated rings. The maximum atomic E-state index is 10.1. The summed E-state index contributed by atoms with van der Waals surface area (Å²) in [6.45, 7) is 3.72. The van der Waals surface area contributed by atoms with Crippen LogP contribution < -0.4 is 10.2 Å². The number of phenols is 1. The van der Waals surface area contributed by atoms with Gasteiger partial charge in [0.1, 0.15) is 0 Å². The number of nitrogens with one attached hydrogen (secondary N) is 1. The van der Waals surface area contributed by atoms with Crippen LogP contribution in [0.15, 0.2) is 60.2 Å². The largest absolute Gasteiger partial charge is 0.504 e. The maximum absolute atomic E-state index is 10.1. The molecule has 0 unspecified atom stereocenters. The number of hydrogen-bond donors (Lipinski definition) is 2. The Morgan fingerprint density at radius 2 is 2.05 bits per heavy atom. The molecule has 2 aromatic carbocycles. The summed E-state index contributed by atoms with van der Waals surface area (Å²) >= 11 is 0. The Balaban J connectivity index is 2.21. The fourth-order valence-electron chi connectivity index (χ4n) is 1.92. The highest BCUT2D eigenvalue weighted by molar-refractivity contribution is 5.85. The number of phenolic OH excluding ortho intramolecular Hbond substituents is 1. The highest BCUT2D eigenvalue weighted by Gasteiger charge is 2.08. The van der Waals surface area contributed by atoms with E-state index in [4.69, 9.17) is 4.74 Å². The molecule has 0 saturated carbocycles. The van der Waals surface area contributed by atoms with Gasteiger partial charge in [0, 0.05) is 5.56 Å². The van der Waals surface area contributed by atoms with E-state index in [1.165, 1.54) is 7.11 Å². The van der Waals surface area contributed by atoms with Crippen molar-refractivity contribution in [2.24, 2.45) is 5.10 Å². The van der Waals surface area contributed by atoms with Gasteiger partial charge in [0.05, 0.1) is 19.0 Å². The second-order valence-corrected chi connectivity index (χ2v) is 4.46. The Morgan fingerprint density at radius 3 is 2.71 bits per heavy atom. The number of benzene rings is 2. The molecule has 0 spiro atoms. The number of para-hydroxylation sites is 1. The SMILES string of the molecule is C=CCc1cc(C=NNc2ccccc2)c(O)c(OC)c1. The Bertz CT molecular complexity index is 637. The minimum absolute atomic E-state index is 0.0731. The van der Waals surface area contributed by atoms with E-state index in [2.05, 4.69) is 17.1 Å². The van der Waals surface area contributed by atoms with Crippen molar-refractivity contribution in [3.8, 4) is 11.5 Å². The van der Waals surface area contributed by atoms with Crippen LogP contribution in [0.25, 0.3) is 0 Å². The molecular weight excluding hydrogens is 264 g/mol. The zero-order valence-corrected chi connectivity index (χ0v) is 11.9. The Labute approximate surface area is 124 Å². The van der Waals surface area contributed by atoms with Gasteiger partial charge in [-0.2, -0.15) is 5.10 Å². The van der Waals surface area contributed by atoms with Crippen LogP contribution in [0.2, 0.25) is 0 Å². The van der Waals surface area contributed by atoms with E-state index in [0.29, 0.717) is 17.7 Å². The second-order valence-electron chi connectivity index (χ2n) is 4.46. The Hall–Kier alpha value is -2.75. The van der Waals surface area contributed by atoms with Gasteiger partial charge in [-0.25, -0.2) is 0 Å². The molecule has 0 aromatic heterocycles. The Kier molecular flexibility index (Phi) is 4.99. The van der Waals surface area contributed by atoms with E-state index < -0.39 is 0 Å². The van der Waals surface area contributed by atoms with Crippen LogP contribution >= 0.6 is 0 Å². The summed E-state index contributed by atoms with van der Waals surface area (Å²) in [7, 11) is 1.52. The zero-order chi connectivity index (χ0) is 15.1. The number of hydrazone groups is 1. The van der Waals surface area contributed by atoms with Crippen LogP contribution in [0.4, 0.5) is 5.69 Å². The topological polar surface area (TPSA) is 53.9 Å². The van der Waals surface area contributed by atoms with Crippen molar-refractivity contribution in [2.45, 2.75) is 6.42 Å². The lowest BCUT2D eigenvalue weighted by Crippen LogP contribution is -1.95. The van der Waals surface area contributed by atoms with Crippen molar-refractivity contribution >= 4 is 11.9 Å². The fourth-order valence-corrected chi connectivity index (χ4v) is 1.92. The van der Waals surface area contributed by atoms with Gasteiger partial charge in [0.2, 0.25) is 0 Å². The van der Waals surface area contributed by atoms with Crippen molar-refractivity contribution in [1.82, 2.24) is 0 Å². The summed E-state index contributed by atoms with van der Waals surface area (Å²) in [6.07, 6.45) is 4.07. The molecular formula is C17H18N2O2. The molecule has 2 N–H and O–H groups in total. The number of aromatic hydroxyl groups is 1. The molecule has 0 aliphatic heterocycles.